The summed E-state index contributed by atoms with van der Waals surface area (Å²) in [5.74, 6) is 0.182. The molecule has 0 unspecified atom stereocenters. The fraction of sp³-hybridized carbons (Fsp3) is 0.438. The first kappa shape index (κ1) is 16.7. The Labute approximate surface area is 132 Å². The fourth-order valence-electron chi connectivity index (χ4n) is 2.32. The molecule has 120 valence electrons. The third kappa shape index (κ3) is 5.61. The lowest BCUT2D eigenvalue weighted by Gasteiger charge is -2.34. The molecule has 1 fully saturated rings. The first-order valence-electron chi connectivity index (χ1n) is 7.36. The Morgan fingerprint density at radius 3 is 2.36 bits per heavy atom. The summed E-state index contributed by atoms with van der Waals surface area (Å²) in [5.41, 5.74) is 1.00. The van der Waals surface area contributed by atoms with E-state index in [-0.39, 0.29) is 11.7 Å². The van der Waals surface area contributed by atoms with E-state index in [1.807, 2.05) is 36.4 Å². The summed E-state index contributed by atoms with van der Waals surface area (Å²) in [7, 11) is -2.93. The molecule has 0 aliphatic carbocycles. The van der Waals surface area contributed by atoms with Gasteiger partial charge < -0.3 is 4.90 Å². The van der Waals surface area contributed by atoms with Gasteiger partial charge in [0.25, 0.3) is 0 Å². The van der Waals surface area contributed by atoms with Crippen LogP contribution in [0.2, 0.25) is 0 Å². The third-order valence-corrected chi connectivity index (χ3v) is 4.60. The van der Waals surface area contributed by atoms with Gasteiger partial charge in [-0.2, -0.15) is 0 Å². The smallest absolute Gasteiger partial charge is 0.246 e. The SMILES string of the molecule is CS(=O)(=O)CCN1CCN(C(=O)/C=C\c2ccccc2)CC1. The van der Waals surface area contributed by atoms with Crippen molar-refractivity contribution in [1.29, 1.82) is 0 Å². The van der Waals surface area contributed by atoms with Crippen LogP contribution in [0.25, 0.3) is 6.08 Å². The zero-order valence-corrected chi connectivity index (χ0v) is 13.6. The lowest BCUT2D eigenvalue weighted by Crippen LogP contribution is -2.49. The van der Waals surface area contributed by atoms with Crippen molar-refractivity contribution >= 4 is 21.8 Å². The molecule has 1 amide bonds. The molecule has 1 saturated heterocycles. The molecule has 0 N–H and O–H groups in total. The Morgan fingerprint density at radius 1 is 1.14 bits per heavy atom. The number of hydrogen-bond acceptors (Lipinski definition) is 4. The molecule has 2 rings (SSSR count). The van der Waals surface area contributed by atoms with Crippen LogP contribution in [-0.4, -0.2) is 68.9 Å². The van der Waals surface area contributed by atoms with Gasteiger partial charge in [0.05, 0.1) is 5.75 Å². The minimum Gasteiger partial charge on any atom is -0.337 e. The van der Waals surface area contributed by atoms with Gasteiger partial charge in [0.2, 0.25) is 5.91 Å². The Hall–Kier alpha value is -1.66. The molecule has 0 radical (unpaired) electrons. The van der Waals surface area contributed by atoms with Gasteiger partial charge >= 0.3 is 0 Å². The number of hydrogen-bond donors (Lipinski definition) is 0. The molecule has 1 aliphatic heterocycles. The second-order valence-corrected chi connectivity index (χ2v) is 7.80. The predicted octanol–water partition coefficient (Wildman–Crippen LogP) is 0.889. The number of carbonyl (C=O) groups excluding carboxylic acids is 1. The summed E-state index contributed by atoms with van der Waals surface area (Å²) < 4.78 is 22.3. The molecule has 0 bridgehead atoms. The largest absolute Gasteiger partial charge is 0.337 e. The minimum absolute atomic E-state index is 0.00613. The normalized spacial score (nSPS) is 17.0. The van der Waals surface area contributed by atoms with Crippen molar-refractivity contribution in [1.82, 2.24) is 9.80 Å². The van der Waals surface area contributed by atoms with Gasteiger partial charge in [-0.15, -0.1) is 0 Å². The van der Waals surface area contributed by atoms with Crippen LogP contribution in [0.5, 0.6) is 0 Å². The van der Waals surface area contributed by atoms with E-state index in [1.54, 1.807) is 11.0 Å². The van der Waals surface area contributed by atoms with Crippen LogP contribution in [0.1, 0.15) is 5.56 Å². The zero-order chi connectivity index (χ0) is 16.0. The average Bonchev–Trinajstić information content (AvgIpc) is 2.51. The van der Waals surface area contributed by atoms with E-state index in [4.69, 9.17) is 0 Å². The standard InChI is InChI=1S/C16H22N2O3S/c1-22(20,21)14-13-17-9-11-18(12-10-17)16(19)8-7-15-5-3-2-4-6-15/h2-8H,9-14H2,1H3/b8-7-. The van der Waals surface area contributed by atoms with Crippen LogP contribution in [0.15, 0.2) is 36.4 Å². The molecule has 0 spiro atoms. The number of carbonyl (C=O) groups is 1. The van der Waals surface area contributed by atoms with Gasteiger partial charge in [0.1, 0.15) is 9.84 Å². The summed E-state index contributed by atoms with van der Waals surface area (Å²) in [6.07, 6.45) is 4.67. The van der Waals surface area contributed by atoms with Crippen LogP contribution >= 0.6 is 0 Å². The topological polar surface area (TPSA) is 57.7 Å². The number of piperazine rings is 1. The highest BCUT2D eigenvalue weighted by atomic mass is 32.2. The molecule has 0 saturated carbocycles. The molecule has 1 heterocycles. The van der Waals surface area contributed by atoms with Crippen LogP contribution in [0.3, 0.4) is 0 Å². The van der Waals surface area contributed by atoms with Gasteiger partial charge in [-0.05, 0) is 11.6 Å². The van der Waals surface area contributed by atoms with Crippen molar-refractivity contribution in [3.8, 4) is 0 Å². The Bertz CT molecular complexity index is 618. The first-order chi connectivity index (χ1) is 10.4. The minimum atomic E-state index is -2.93. The fourth-order valence-corrected chi connectivity index (χ4v) is 2.91. The molecule has 1 aromatic rings. The van der Waals surface area contributed by atoms with E-state index in [2.05, 4.69) is 4.90 Å². The van der Waals surface area contributed by atoms with E-state index in [0.29, 0.717) is 19.6 Å². The number of rotatable bonds is 5. The number of nitrogens with zero attached hydrogens (tertiary/aromatic N) is 2. The molecular formula is C16H22N2O3S. The maximum absolute atomic E-state index is 12.1. The van der Waals surface area contributed by atoms with Gasteiger partial charge in [-0.3, -0.25) is 9.69 Å². The summed E-state index contributed by atoms with van der Waals surface area (Å²) in [6, 6.07) is 9.71. The molecular weight excluding hydrogens is 300 g/mol. The lowest BCUT2D eigenvalue weighted by molar-refractivity contribution is -0.127. The van der Waals surface area contributed by atoms with Crippen LogP contribution in [0.4, 0.5) is 0 Å². The first-order valence-corrected chi connectivity index (χ1v) is 9.42. The molecule has 0 aromatic heterocycles. The maximum Gasteiger partial charge on any atom is 0.246 e. The average molecular weight is 322 g/mol. The number of benzene rings is 1. The zero-order valence-electron chi connectivity index (χ0n) is 12.8. The molecule has 6 heteroatoms. The highest BCUT2D eigenvalue weighted by Crippen LogP contribution is 2.06. The second kappa shape index (κ2) is 7.56. The summed E-state index contributed by atoms with van der Waals surface area (Å²) in [5, 5.41) is 0. The van der Waals surface area contributed by atoms with E-state index >= 15 is 0 Å². The Kier molecular flexibility index (Phi) is 5.74. The predicted molar refractivity (Wildman–Crippen MR) is 88.2 cm³/mol. The van der Waals surface area contributed by atoms with Gasteiger partial charge in [-0.1, -0.05) is 30.3 Å². The van der Waals surface area contributed by atoms with Crippen molar-refractivity contribution in [3.63, 3.8) is 0 Å². The van der Waals surface area contributed by atoms with Crippen molar-refractivity contribution in [3.05, 3.63) is 42.0 Å². The van der Waals surface area contributed by atoms with Crippen molar-refractivity contribution < 1.29 is 13.2 Å². The summed E-state index contributed by atoms with van der Waals surface area (Å²) in [6.45, 7) is 3.27. The molecule has 22 heavy (non-hydrogen) atoms. The van der Waals surface area contributed by atoms with E-state index < -0.39 is 9.84 Å². The van der Waals surface area contributed by atoms with Crippen LogP contribution in [0, 0.1) is 0 Å². The van der Waals surface area contributed by atoms with Gasteiger partial charge in [0.15, 0.2) is 0 Å². The molecule has 1 aromatic carbocycles. The van der Waals surface area contributed by atoms with E-state index in [9.17, 15) is 13.2 Å². The quantitative estimate of drug-likeness (QED) is 0.756. The highest BCUT2D eigenvalue weighted by Gasteiger charge is 2.20. The van der Waals surface area contributed by atoms with Crippen molar-refractivity contribution in [2.75, 3.05) is 44.7 Å². The summed E-state index contributed by atoms with van der Waals surface area (Å²) >= 11 is 0. The molecule has 5 nitrogen and oxygen atoms in total. The van der Waals surface area contributed by atoms with E-state index in [1.165, 1.54) is 6.26 Å². The monoisotopic (exact) mass is 322 g/mol. The van der Waals surface area contributed by atoms with Gasteiger partial charge in [0, 0.05) is 45.1 Å². The second-order valence-electron chi connectivity index (χ2n) is 5.54. The van der Waals surface area contributed by atoms with Crippen molar-refractivity contribution in [2.45, 2.75) is 0 Å². The Balaban J connectivity index is 1.79. The number of sulfone groups is 1. The van der Waals surface area contributed by atoms with E-state index in [0.717, 1.165) is 18.7 Å². The van der Waals surface area contributed by atoms with Crippen molar-refractivity contribution in [2.24, 2.45) is 0 Å². The Morgan fingerprint density at radius 2 is 1.77 bits per heavy atom. The molecule has 1 aliphatic rings. The lowest BCUT2D eigenvalue weighted by atomic mass is 10.2. The third-order valence-electron chi connectivity index (χ3n) is 3.68. The maximum atomic E-state index is 12.1. The highest BCUT2D eigenvalue weighted by molar-refractivity contribution is 7.90. The van der Waals surface area contributed by atoms with Crippen LogP contribution in [-0.2, 0) is 14.6 Å². The van der Waals surface area contributed by atoms with Gasteiger partial charge in [-0.25, -0.2) is 8.42 Å². The summed E-state index contributed by atoms with van der Waals surface area (Å²) in [4.78, 5) is 16.0. The number of amides is 1. The van der Waals surface area contributed by atoms with Crippen LogP contribution < -0.4 is 0 Å². The molecule has 0 atom stereocenters.